The van der Waals surface area contributed by atoms with E-state index in [-0.39, 0.29) is 0 Å². The Labute approximate surface area is 164 Å². The molecule has 0 bridgehead atoms. The lowest BCUT2D eigenvalue weighted by Crippen LogP contribution is -2.49. The molecule has 0 unspecified atom stereocenters. The molecule has 4 heterocycles. The standard InChI is InChI=1S/C20H26N6S/c1-21-20(22-10-7-17-15-26-11-3-2-5-18(26)23-17)24-16-8-12-25(13-9-16)19-6-4-14-27-19/h2-6,11,14-16H,7-10,12-13H2,1H3,(H2,21,22,24). The van der Waals surface area contributed by atoms with Crippen LogP contribution in [0.4, 0.5) is 5.00 Å². The zero-order valence-corrected chi connectivity index (χ0v) is 16.5. The molecule has 0 atom stereocenters. The lowest BCUT2D eigenvalue weighted by molar-refractivity contribution is 0.463. The average Bonchev–Trinajstić information content (AvgIpc) is 3.37. The summed E-state index contributed by atoms with van der Waals surface area (Å²) < 4.78 is 2.06. The number of thiophene rings is 1. The van der Waals surface area contributed by atoms with Gasteiger partial charge in [0.2, 0.25) is 0 Å². The number of hydrogen-bond acceptors (Lipinski definition) is 4. The van der Waals surface area contributed by atoms with Crippen molar-refractivity contribution in [1.82, 2.24) is 20.0 Å². The predicted octanol–water partition coefficient (Wildman–Crippen LogP) is 2.77. The summed E-state index contributed by atoms with van der Waals surface area (Å²) in [5.74, 6) is 0.883. The minimum absolute atomic E-state index is 0.475. The van der Waals surface area contributed by atoms with Crippen LogP contribution in [0.1, 0.15) is 18.5 Å². The van der Waals surface area contributed by atoms with Crippen molar-refractivity contribution in [3.05, 3.63) is 53.8 Å². The van der Waals surface area contributed by atoms with Gasteiger partial charge in [-0.1, -0.05) is 6.07 Å². The second kappa shape index (κ2) is 8.43. The van der Waals surface area contributed by atoms with Crippen molar-refractivity contribution in [3.63, 3.8) is 0 Å². The Morgan fingerprint density at radius 2 is 2.15 bits per heavy atom. The molecule has 27 heavy (non-hydrogen) atoms. The summed E-state index contributed by atoms with van der Waals surface area (Å²) in [7, 11) is 1.83. The van der Waals surface area contributed by atoms with E-state index in [9.17, 15) is 0 Å². The Bertz CT molecular complexity index is 844. The van der Waals surface area contributed by atoms with Gasteiger partial charge in [0, 0.05) is 51.5 Å². The van der Waals surface area contributed by atoms with Crippen LogP contribution in [0.15, 0.2) is 53.1 Å². The number of nitrogens with zero attached hydrogens (tertiary/aromatic N) is 4. The van der Waals surface area contributed by atoms with E-state index in [2.05, 4.69) is 53.6 Å². The van der Waals surface area contributed by atoms with Gasteiger partial charge in [-0.25, -0.2) is 4.98 Å². The fourth-order valence-electron chi connectivity index (χ4n) is 3.50. The van der Waals surface area contributed by atoms with E-state index in [4.69, 9.17) is 0 Å². The van der Waals surface area contributed by atoms with Crippen LogP contribution in [0.2, 0.25) is 0 Å². The quantitative estimate of drug-likeness (QED) is 0.526. The topological polar surface area (TPSA) is 57.0 Å². The first-order valence-electron chi connectivity index (χ1n) is 9.50. The first-order valence-corrected chi connectivity index (χ1v) is 10.4. The van der Waals surface area contributed by atoms with Crippen molar-refractivity contribution in [3.8, 4) is 0 Å². The second-order valence-electron chi connectivity index (χ2n) is 6.80. The van der Waals surface area contributed by atoms with Crippen molar-refractivity contribution in [2.45, 2.75) is 25.3 Å². The lowest BCUT2D eigenvalue weighted by Gasteiger charge is -2.33. The predicted molar refractivity (Wildman–Crippen MR) is 113 cm³/mol. The van der Waals surface area contributed by atoms with E-state index in [0.717, 1.165) is 56.2 Å². The van der Waals surface area contributed by atoms with Crippen molar-refractivity contribution in [1.29, 1.82) is 0 Å². The smallest absolute Gasteiger partial charge is 0.191 e. The normalized spacial score (nSPS) is 16.0. The maximum absolute atomic E-state index is 4.64. The number of imidazole rings is 1. The van der Waals surface area contributed by atoms with Crippen LogP contribution in [-0.4, -0.2) is 48.1 Å². The molecule has 1 fully saturated rings. The number of aliphatic imine (C=N–C) groups is 1. The minimum atomic E-state index is 0.475. The lowest BCUT2D eigenvalue weighted by atomic mass is 10.1. The number of rotatable bonds is 5. The van der Waals surface area contributed by atoms with Crippen molar-refractivity contribution >= 4 is 27.9 Å². The third-order valence-electron chi connectivity index (χ3n) is 4.96. The van der Waals surface area contributed by atoms with Crippen LogP contribution < -0.4 is 15.5 Å². The van der Waals surface area contributed by atoms with Crippen LogP contribution in [0.25, 0.3) is 5.65 Å². The highest BCUT2D eigenvalue weighted by Crippen LogP contribution is 2.24. The zero-order chi connectivity index (χ0) is 18.5. The highest BCUT2D eigenvalue weighted by Gasteiger charge is 2.20. The van der Waals surface area contributed by atoms with Gasteiger partial charge in [-0.05, 0) is 42.5 Å². The molecular weight excluding hydrogens is 356 g/mol. The van der Waals surface area contributed by atoms with E-state index < -0.39 is 0 Å². The number of hydrogen-bond donors (Lipinski definition) is 2. The van der Waals surface area contributed by atoms with Crippen molar-refractivity contribution in [2.75, 3.05) is 31.6 Å². The van der Waals surface area contributed by atoms with Crippen molar-refractivity contribution in [2.24, 2.45) is 4.99 Å². The third kappa shape index (κ3) is 4.42. The molecule has 6 nitrogen and oxygen atoms in total. The van der Waals surface area contributed by atoms with Gasteiger partial charge in [0.25, 0.3) is 0 Å². The second-order valence-corrected chi connectivity index (χ2v) is 7.73. The van der Waals surface area contributed by atoms with Gasteiger partial charge in [0.15, 0.2) is 5.96 Å². The van der Waals surface area contributed by atoms with Gasteiger partial charge in [0.05, 0.1) is 10.7 Å². The molecule has 4 rings (SSSR count). The van der Waals surface area contributed by atoms with E-state index in [1.807, 2.05) is 42.8 Å². The molecule has 0 saturated carbocycles. The van der Waals surface area contributed by atoms with Gasteiger partial charge in [-0.15, -0.1) is 11.3 Å². The molecule has 0 aliphatic carbocycles. The molecule has 3 aromatic heterocycles. The number of anilines is 1. The molecule has 1 aliphatic heterocycles. The number of aromatic nitrogens is 2. The van der Waals surface area contributed by atoms with Crippen LogP contribution in [0, 0.1) is 0 Å². The summed E-state index contributed by atoms with van der Waals surface area (Å²) in [5, 5.41) is 10.5. The Balaban J connectivity index is 1.23. The fourth-order valence-corrected chi connectivity index (χ4v) is 4.28. The van der Waals surface area contributed by atoms with Gasteiger partial charge >= 0.3 is 0 Å². The van der Waals surface area contributed by atoms with Gasteiger partial charge < -0.3 is 19.9 Å². The monoisotopic (exact) mass is 382 g/mol. The number of fused-ring (bicyclic) bond motifs is 1. The molecule has 2 N–H and O–H groups in total. The fraction of sp³-hybridized carbons (Fsp3) is 0.400. The molecule has 0 amide bonds. The average molecular weight is 383 g/mol. The van der Waals surface area contributed by atoms with Crippen LogP contribution >= 0.6 is 11.3 Å². The summed E-state index contributed by atoms with van der Waals surface area (Å²) >= 11 is 1.82. The Hall–Kier alpha value is -2.54. The molecule has 3 aromatic rings. The highest BCUT2D eigenvalue weighted by molar-refractivity contribution is 7.14. The largest absolute Gasteiger partial charge is 0.363 e. The van der Waals surface area contributed by atoms with E-state index >= 15 is 0 Å². The highest BCUT2D eigenvalue weighted by atomic mass is 32.1. The zero-order valence-electron chi connectivity index (χ0n) is 15.6. The van der Waals surface area contributed by atoms with E-state index in [1.54, 1.807) is 0 Å². The van der Waals surface area contributed by atoms with Gasteiger partial charge in [-0.2, -0.15) is 0 Å². The van der Waals surface area contributed by atoms with E-state index in [0.29, 0.717) is 6.04 Å². The van der Waals surface area contributed by atoms with E-state index in [1.165, 1.54) is 5.00 Å². The van der Waals surface area contributed by atoms with Gasteiger partial charge in [0.1, 0.15) is 5.65 Å². The summed E-state index contributed by atoms with van der Waals surface area (Å²) in [6, 6.07) is 10.9. The van der Waals surface area contributed by atoms with Crippen LogP contribution in [-0.2, 0) is 6.42 Å². The SMILES string of the molecule is CN=C(NCCc1cn2ccccc2n1)NC1CCN(c2cccs2)CC1. The Morgan fingerprint density at radius 3 is 2.89 bits per heavy atom. The molecule has 0 aromatic carbocycles. The molecule has 142 valence electrons. The first-order chi connectivity index (χ1) is 13.3. The molecular formula is C20H26N6S. The molecule has 0 spiro atoms. The Kier molecular flexibility index (Phi) is 5.58. The van der Waals surface area contributed by atoms with Gasteiger partial charge in [-0.3, -0.25) is 4.99 Å². The molecule has 0 radical (unpaired) electrons. The summed E-state index contributed by atoms with van der Waals surface area (Å²) in [4.78, 5) is 11.5. The molecule has 7 heteroatoms. The number of guanidine groups is 1. The molecule has 1 saturated heterocycles. The summed E-state index contributed by atoms with van der Waals surface area (Å²) in [6.45, 7) is 3.00. The minimum Gasteiger partial charge on any atom is -0.363 e. The maximum Gasteiger partial charge on any atom is 0.191 e. The van der Waals surface area contributed by atoms with Crippen molar-refractivity contribution < 1.29 is 0 Å². The third-order valence-corrected chi connectivity index (χ3v) is 5.89. The molecule has 1 aliphatic rings. The summed E-state index contributed by atoms with van der Waals surface area (Å²) in [6.07, 6.45) is 7.26. The Morgan fingerprint density at radius 1 is 1.26 bits per heavy atom. The summed E-state index contributed by atoms with van der Waals surface area (Å²) in [5.41, 5.74) is 2.08. The first kappa shape index (κ1) is 17.9. The number of nitrogens with one attached hydrogen (secondary N) is 2. The number of pyridine rings is 1. The number of piperidine rings is 1. The van der Waals surface area contributed by atoms with Crippen LogP contribution in [0.3, 0.4) is 0 Å². The van der Waals surface area contributed by atoms with Crippen LogP contribution in [0.5, 0.6) is 0 Å². The maximum atomic E-state index is 4.64.